The normalized spacial score (nSPS) is 11.6. The summed E-state index contributed by atoms with van der Waals surface area (Å²) in [7, 11) is 2.06. The second-order valence-electron chi connectivity index (χ2n) is 4.93. The van der Waals surface area contributed by atoms with Crippen molar-refractivity contribution in [2.24, 2.45) is 7.05 Å². The van der Waals surface area contributed by atoms with E-state index in [2.05, 4.69) is 35.8 Å². The van der Waals surface area contributed by atoms with Crippen LogP contribution in [-0.2, 0) is 13.5 Å². The Kier molecular flexibility index (Phi) is 4.25. The van der Waals surface area contributed by atoms with Crippen LogP contribution in [0.5, 0.6) is 0 Å². The highest BCUT2D eigenvalue weighted by atomic mass is 35.5. The lowest BCUT2D eigenvalue weighted by Crippen LogP contribution is -2.24. The van der Waals surface area contributed by atoms with E-state index in [1.807, 2.05) is 18.2 Å². The van der Waals surface area contributed by atoms with E-state index in [4.69, 9.17) is 11.6 Å². The summed E-state index contributed by atoms with van der Waals surface area (Å²) in [5.41, 5.74) is 2.13. The minimum atomic E-state index is 0.546. The van der Waals surface area contributed by atoms with E-state index in [9.17, 15) is 0 Å². The third-order valence-electron chi connectivity index (χ3n) is 3.07. The van der Waals surface area contributed by atoms with Gasteiger partial charge >= 0.3 is 0 Å². The number of aryl methyl sites for hydroxylation is 2. The highest BCUT2D eigenvalue weighted by Gasteiger charge is 2.07. The smallest absolute Gasteiger partial charge is 0.109 e. The largest absolute Gasteiger partial charge is 0.331 e. The van der Waals surface area contributed by atoms with Crippen LogP contribution < -0.4 is 5.32 Å². The van der Waals surface area contributed by atoms with Crippen LogP contribution in [0.3, 0.4) is 0 Å². The molecule has 0 bridgehead atoms. The molecule has 0 aliphatic carbocycles. The first kappa shape index (κ1) is 13.4. The molecule has 0 unspecified atom stereocenters. The third kappa shape index (κ3) is 3.03. The van der Waals surface area contributed by atoms with Crippen molar-refractivity contribution in [2.45, 2.75) is 32.7 Å². The second-order valence-corrected chi connectivity index (χ2v) is 5.37. The van der Waals surface area contributed by atoms with Gasteiger partial charge in [0.1, 0.15) is 5.82 Å². The van der Waals surface area contributed by atoms with E-state index >= 15 is 0 Å². The Hall–Kier alpha value is -1.06. The standard InChI is InChI=1S/C14H20ClN3/c1-10(2)16-8-4-5-14-17-12-9-11(15)6-7-13(12)18(14)3/h6-7,9-10,16H,4-5,8H2,1-3H3. The van der Waals surface area contributed by atoms with Crippen molar-refractivity contribution >= 4 is 22.6 Å². The number of rotatable bonds is 5. The van der Waals surface area contributed by atoms with Gasteiger partial charge in [-0.05, 0) is 31.2 Å². The van der Waals surface area contributed by atoms with E-state index in [1.165, 1.54) is 0 Å². The molecule has 2 aromatic rings. The molecule has 0 aliphatic rings. The summed E-state index contributed by atoms with van der Waals surface area (Å²) in [4.78, 5) is 4.64. The molecule has 98 valence electrons. The average molecular weight is 266 g/mol. The van der Waals surface area contributed by atoms with Crippen molar-refractivity contribution in [1.29, 1.82) is 0 Å². The fourth-order valence-corrected chi connectivity index (χ4v) is 2.25. The van der Waals surface area contributed by atoms with Crippen LogP contribution >= 0.6 is 11.6 Å². The second kappa shape index (κ2) is 5.72. The maximum atomic E-state index is 5.98. The van der Waals surface area contributed by atoms with Gasteiger partial charge in [-0.3, -0.25) is 0 Å². The van der Waals surface area contributed by atoms with Crippen molar-refractivity contribution in [3.05, 3.63) is 29.0 Å². The van der Waals surface area contributed by atoms with Crippen LogP contribution in [0, 0.1) is 0 Å². The minimum Gasteiger partial charge on any atom is -0.331 e. The number of fused-ring (bicyclic) bond motifs is 1. The fourth-order valence-electron chi connectivity index (χ4n) is 2.08. The summed E-state index contributed by atoms with van der Waals surface area (Å²) in [6.45, 7) is 5.36. The Balaban J connectivity index is 2.07. The predicted molar refractivity (Wildman–Crippen MR) is 77.2 cm³/mol. The number of nitrogens with zero attached hydrogens (tertiary/aromatic N) is 2. The maximum Gasteiger partial charge on any atom is 0.109 e. The SMILES string of the molecule is CC(C)NCCCc1nc2cc(Cl)ccc2n1C. The van der Waals surface area contributed by atoms with E-state index in [0.29, 0.717) is 6.04 Å². The number of halogens is 1. The Bertz CT molecular complexity index is 531. The Morgan fingerprint density at radius 1 is 1.39 bits per heavy atom. The molecule has 0 fully saturated rings. The molecule has 1 aromatic heterocycles. The van der Waals surface area contributed by atoms with Gasteiger partial charge in [0.15, 0.2) is 0 Å². The number of benzene rings is 1. The molecular formula is C14H20ClN3. The van der Waals surface area contributed by atoms with E-state index in [-0.39, 0.29) is 0 Å². The number of hydrogen-bond donors (Lipinski definition) is 1. The van der Waals surface area contributed by atoms with Gasteiger partial charge in [0, 0.05) is 24.5 Å². The van der Waals surface area contributed by atoms with Crippen molar-refractivity contribution in [2.75, 3.05) is 6.54 Å². The fraction of sp³-hybridized carbons (Fsp3) is 0.500. The number of aromatic nitrogens is 2. The summed E-state index contributed by atoms with van der Waals surface area (Å²) >= 11 is 5.98. The number of imidazole rings is 1. The van der Waals surface area contributed by atoms with Gasteiger partial charge in [-0.2, -0.15) is 0 Å². The molecule has 1 heterocycles. The zero-order chi connectivity index (χ0) is 13.1. The zero-order valence-electron chi connectivity index (χ0n) is 11.2. The lowest BCUT2D eigenvalue weighted by molar-refractivity contribution is 0.563. The molecule has 0 amide bonds. The van der Waals surface area contributed by atoms with E-state index in [0.717, 1.165) is 41.3 Å². The van der Waals surface area contributed by atoms with Crippen LogP contribution in [0.2, 0.25) is 5.02 Å². The maximum absolute atomic E-state index is 5.98. The topological polar surface area (TPSA) is 29.9 Å². The average Bonchev–Trinajstić information content (AvgIpc) is 2.61. The molecule has 0 saturated carbocycles. The van der Waals surface area contributed by atoms with Crippen molar-refractivity contribution < 1.29 is 0 Å². The minimum absolute atomic E-state index is 0.546. The Morgan fingerprint density at radius 2 is 2.17 bits per heavy atom. The number of hydrogen-bond acceptors (Lipinski definition) is 2. The summed E-state index contributed by atoms with van der Waals surface area (Å²) in [6.07, 6.45) is 2.09. The Morgan fingerprint density at radius 3 is 2.89 bits per heavy atom. The molecule has 18 heavy (non-hydrogen) atoms. The molecule has 4 heteroatoms. The summed E-state index contributed by atoms with van der Waals surface area (Å²) in [5.74, 6) is 1.12. The van der Waals surface area contributed by atoms with E-state index in [1.54, 1.807) is 0 Å². The van der Waals surface area contributed by atoms with Gasteiger partial charge in [-0.25, -0.2) is 4.98 Å². The van der Waals surface area contributed by atoms with Crippen LogP contribution in [-0.4, -0.2) is 22.1 Å². The first-order valence-corrected chi connectivity index (χ1v) is 6.80. The van der Waals surface area contributed by atoms with Gasteiger partial charge in [-0.15, -0.1) is 0 Å². The first-order chi connectivity index (χ1) is 8.58. The molecule has 0 saturated heterocycles. The van der Waals surface area contributed by atoms with Crippen LogP contribution in [0.25, 0.3) is 11.0 Å². The predicted octanol–water partition coefficient (Wildman–Crippen LogP) is 3.16. The molecule has 3 nitrogen and oxygen atoms in total. The third-order valence-corrected chi connectivity index (χ3v) is 3.30. The summed E-state index contributed by atoms with van der Waals surface area (Å²) < 4.78 is 2.15. The monoisotopic (exact) mass is 265 g/mol. The molecule has 1 N–H and O–H groups in total. The van der Waals surface area contributed by atoms with Gasteiger partial charge < -0.3 is 9.88 Å². The molecular weight excluding hydrogens is 246 g/mol. The summed E-state index contributed by atoms with van der Waals surface area (Å²) in [5, 5.41) is 4.16. The summed E-state index contributed by atoms with van der Waals surface area (Å²) in [6, 6.07) is 6.41. The van der Waals surface area contributed by atoms with Gasteiger partial charge in [-0.1, -0.05) is 25.4 Å². The zero-order valence-corrected chi connectivity index (χ0v) is 12.0. The molecule has 0 radical (unpaired) electrons. The van der Waals surface area contributed by atoms with Gasteiger partial charge in [0.05, 0.1) is 11.0 Å². The molecule has 2 rings (SSSR count). The van der Waals surface area contributed by atoms with E-state index < -0.39 is 0 Å². The van der Waals surface area contributed by atoms with Crippen LogP contribution in [0.15, 0.2) is 18.2 Å². The quantitative estimate of drug-likeness (QED) is 0.842. The molecule has 0 spiro atoms. The highest BCUT2D eigenvalue weighted by Crippen LogP contribution is 2.20. The number of nitrogens with one attached hydrogen (secondary N) is 1. The Labute approximate surface area is 113 Å². The lowest BCUT2D eigenvalue weighted by atomic mass is 10.3. The van der Waals surface area contributed by atoms with Gasteiger partial charge in [0.25, 0.3) is 0 Å². The van der Waals surface area contributed by atoms with Gasteiger partial charge in [0.2, 0.25) is 0 Å². The first-order valence-electron chi connectivity index (χ1n) is 6.42. The molecule has 1 aromatic carbocycles. The molecule has 0 aliphatic heterocycles. The van der Waals surface area contributed by atoms with Crippen molar-refractivity contribution in [1.82, 2.24) is 14.9 Å². The van der Waals surface area contributed by atoms with Crippen LogP contribution in [0.4, 0.5) is 0 Å². The van der Waals surface area contributed by atoms with Crippen LogP contribution in [0.1, 0.15) is 26.1 Å². The lowest BCUT2D eigenvalue weighted by Gasteiger charge is -2.07. The van der Waals surface area contributed by atoms with Crippen molar-refractivity contribution in [3.63, 3.8) is 0 Å². The van der Waals surface area contributed by atoms with Crippen molar-refractivity contribution in [3.8, 4) is 0 Å². The molecule has 0 atom stereocenters. The highest BCUT2D eigenvalue weighted by molar-refractivity contribution is 6.31.